The van der Waals surface area contributed by atoms with E-state index >= 15 is 0 Å². The van der Waals surface area contributed by atoms with Crippen LogP contribution < -0.4 is 10.1 Å². The molecule has 0 spiro atoms. The highest BCUT2D eigenvalue weighted by Crippen LogP contribution is 2.39. The van der Waals surface area contributed by atoms with Gasteiger partial charge < -0.3 is 10.1 Å². The van der Waals surface area contributed by atoms with E-state index in [-0.39, 0.29) is 6.54 Å². The third kappa shape index (κ3) is 3.69. The maximum atomic E-state index is 14.1. The van der Waals surface area contributed by atoms with Crippen molar-refractivity contribution >= 4 is 10.9 Å². The van der Waals surface area contributed by atoms with Gasteiger partial charge in [0, 0.05) is 29.6 Å². The minimum Gasteiger partial charge on any atom is -0.470 e. The van der Waals surface area contributed by atoms with Crippen molar-refractivity contribution in [3.63, 3.8) is 0 Å². The molecule has 1 aliphatic heterocycles. The summed E-state index contributed by atoms with van der Waals surface area (Å²) in [5, 5.41) is 11.4. The molecule has 1 aromatic carbocycles. The van der Waals surface area contributed by atoms with E-state index in [4.69, 9.17) is 9.72 Å². The van der Waals surface area contributed by atoms with Gasteiger partial charge in [-0.05, 0) is 37.9 Å². The minimum atomic E-state index is -1.07. The number of piperidine rings is 1. The molecule has 32 heavy (non-hydrogen) atoms. The van der Waals surface area contributed by atoms with Crippen LogP contribution in [-0.4, -0.2) is 55.5 Å². The largest absolute Gasteiger partial charge is 0.470 e. The lowest BCUT2D eigenvalue weighted by atomic mass is 10.1. The molecular weight excluding hydrogens is 409 g/mol. The van der Waals surface area contributed by atoms with E-state index in [2.05, 4.69) is 30.5 Å². The van der Waals surface area contributed by atoms with Crippen LogP contribution in [0.25, 0.3) is 33.5 Å². The molecule has 9 heteroatoms. The summed E-state index contributed by atoms with van der Waals surface area (Å²) in [4.78, 5) is 18.0. The third-order valence-electron chi connectivity index (χ3n) is 5.98. The molecule has 1 saturated carbocycles. The van der Waals surface area contributed by atoms with Gasteiger partial charge in [-0.3, -0.25) is 15.1 Å². The van der Waals surface area contributed by atoms with Crippen molar-refractivity contribution in [2.24, 2.45) is 0 Å². The quantitative estimate of drug-likeness (QED) is 0.499. The summed E-state index contributed by atoms with van der Waals surface area (Å²) in [7, 11) is 0. The molecule has 3 aromatic heterocycles. The van der Waals surface area contributed by atoms with Crippen LogP contribution in [-0.2, 0) is 0 Å². The van der Waals surface area contributed by atoms with E-state index < -0.39 is 12.3 Å². The molecule has 162 valence electrons. The van der Waals surface area contributed by atoms with Gasteiger partial charge in [0.2, 0.25) is 5.88 Å². The fraction of sp³-hybridized carbons (Fsp3) is 0.348. The van der Waals surface area contributed by atoms with Crippen molar-refractivity contribution in [3.8, 4) is 28.5 Å². The molecule has 6 rings (SSSR count). The monoisotopic (exact) mass is 431 g/mol. The molecule has 2 aliphatic rings. The first-order valence-electron chi connectivity index (χ1n) is 10.9. The smallest absolute Gasteiger partial charge is 0.233 e. The van der Waals surface area contributed by atoms with Gasteiger partial charge in [0.05, 0.1) is 35.5 Å². The number of hydrogen-bond acceptors (Lipinski definition) is 7. The first-order valence-corrected chi connectivity index (χ1v) is 10.9. The van der Waals surface area contributed by atoms with Gasteiger partial charge in [-0.1, -0.05) is 6.07 Å². The van der Waals surface area contributed by atoms with Crippen LogP contribution in [0.3, 0.4) is 0 Å². The van der Waals surface area contributed by atoms with Crippen molar-refractivity contribution in [2.45, 2.75) is 37.5 Å². The Hall–Kier alpha value is -3.46. The van der Waals surface area contributed by atoms with E-state index in [9.17, 15) is 4.39 Å². The molecular formula is C23H22FN7O. The summed E-state index contributed by atoms with van der Waals surface area (Å²) in [6, 6.07) is 6.02. The molecule has 2 atom stereocenters. The molecule has 1 saturated heterocycles. The standard InChI is InChI=1S/C23H22FN7O/c24-16-8-25-6-5-21(16)32-22-12-27-11-20(29-22)23-15-7-14(3-4-17(15)30-31-23)19-10-26-9-18(28-19)13-1-2-13/h3-4,7,9-13,16,21,25H,1-2,5-6,8H2,(H,30,31)/t16-,21+/m1/s1. The van der Waals surface area contributed by atoms with Crippen LogP contribution in [0.15, 0.2) is 43.0 Å². The number of fused-ring (bicyclic) bond motifs is 1. The third-order valence-corrected chi connectivity index (χ3v) is 5.98. The Balaban J connectivity index is 1.33. The molecule has 2 fully saturated rings. The first-order chi connectivity index (χ1) is 15.7. The minimum absolute atomic E-state index is 0.287. The lowest BCUT2D eigenvalue weighted by molar-refractivity contribution is 0.0691. The highest BCUT2D eigenvalue weighted by Gasteiger charge is 2.27. The van der Waals surface area contributed by atoms with Gasteiger partial charge in [-0.2, -0.15) is 5.10 Å². The average molecular weight is 431 g/mol. The molecule has 0 bridgehead atoms. The fourth-order valence-corrected chi connectivity index (χ4v) is 4.07. The fourth-order valence-electron chi connectivity index (χ4n) is 4.07. The van der Waals surface area contributed by atoms with Crippen molar-refractivity contribution in [2.75, 3.05) is 13.1 Å². The number of aromatic amines is 1. The molecule has 0 unspecified atom stereocenters. The number of aromatic nitrogens is 6. The van der Waals surface area contributed by atoms with Crippen LogP contribution in [0.5, 0.6) is 5.88 Å². The maximum Gasteiger partial charge on any atom is 0.233 e. The molecule has 4 aromatic rings. The number of nitrogens with zero attached hydrogens (tertiary/aromatic N) is 5. The Morgan fingerprint density at radius 1 is 0.969 bits per heavy atom. The van der Waals surface area contributed by atoms with Gasteiger partial charge in [0.1, 0.15) is 23.7 Å². The van der Waals surface area contributed by atoms with Crippen LogP contribution >= 0.6 is 0 Å². The zero-order chi connectivity index (χ0) is 21.5. The van der Waals surface area contributed by atoms with E-state index in [0.29, 0.717) is 29.6 Å². The highest BCUT2D eigenvalue weighted by molar-refractivity contribution is 5.94. The normalized spacial score (nSPS) is 21.0. The van der Waals surface area contributed by atoms with Gasteiger partial charge in [0.25, 0.3) is 0 Å². The predicted molar refractivity (Wildman–Crippen MR) is 117 cm³/mol. The Morgan fingerprint density at radius 2 is 1.84 bits per heavy atom. The Kier molecular flexibility index (Phi) is 4.75. The van der Waals surface area contributed by atoms with Gasteiger partial charge >= 0.3 is 0 Å². The second-order valence-electron chi connectivity index (χ2n) is 8.34. The summed E-state index contributed by atoms with van der Waals surface area (Å²) in [5.41, 5.74) is 4.96. The van der Waals surface area contributed by atoms with Gasteiger partial charge in [-0.15, -0.1) is 0 Å². The number of nitrogens with one attached hydrogen (secondary N) is 2. The number of halogens is 1. The first kappa shape index (κ1) is 19.2. The van der Waals surface area contributed by atoms with E-state index in [1.54, 1.807) is 12.4 Å². The lowest BCUT2D eigenvalue weighted by Crippen LogP contribution is -2.44. The number of benzene rings is 1. The van der Waals surface area contributed by atoms with Crippen LogP contribution in [0.2, 0.25) is 0 Å². The van der Waals surface area contributed by atoms with Crippen molar-refractivity contribution in [1.29, 1.82) is 0 Å². The maximum absolute atomic E-state index is 14.1. The zero-order valence-corrected chi connectivity index (χ0v) is 17.3. The summed E-state index contributed by atoms with van der Waals surface area (Å²) in [6.07, 6.45) is 8.14. The lowest BCUT2D eigenvalue weighted by Gasteiger charge is -2.26. The van der Waals surface area contributed by atoms with E-state index in [0.717, 1.165) is 34.4 Å². The summed E-state index contributed by atoms with van der Waals surface area (Å²) < 4.78 is 19.9. The van der Waals surface area contributed by atoms with Crippen molar-refractivity contribution in [3.05, 3.63) is 48.7 Å². The molecule has 4 heterocycles. The van der Waals surface area contributed by atoms with Gasteiger partial charge in [-0.25, -0.2) is 14.4 Å². The molecule has 0 radical (unpaired) electrons. The van der Waals surface area contributed by atoms with Crippen molar-refractivity contribution < 1.29 is 9.13 Å². The summed E-state index contributed by atoms with van der Waals surface area (Å²) in [5.74, 6) is 0.838. The Labute approximate surface area is 183 Å². The highest BCUT2D eigenvalue weighted by atomic mass is 19.1. The molecule has 8 nitrogen and oxygen atoms in total. The van der Waals surface area contributed by atoms with Crippen molar-refractivity contribution in [1.82, 2.24) is 35.5 Å². The van der Waals surface area contributed by atoms with E-state index in [1.165, 1.54) is 19.0 Å². The number of rotatable bonds is 5. The molecule has 1 aliphatic carbocycles. The Morgan fingerprint density at radius 3 is 2.72 bits per heavy atom. The Bertz CT molecular complexity index is 1270. The molecule has 2 N–H and O–H groups in total. The SMILES string of the molecule is F[C@@H]1CNCC[C@@H]1Oc1cncc(-c2n[nH]c3ccc(-c4cncc(C5CC5)n4)cc23)n1. The second kappa shape index (κ2) is 7.90. The van der Waals surface area contributed by atoms with Crippen LogP contribution in [0, 0.1) is 0 Å². The molecule has 0 amide bonds. The van der Waals surface area contributed by atoms with E-state index in [1.807, 2.05) is 24.4 Å². The van der Waals surface area contributed by atoms with Gasteiger partial charge in [0.15, 0.2) is 0 Å². The number of hydrogen-bond donors (Lipinski definition) is 2. The predicted octanol–water partition coefficient (Wildman–Crippen LogP) is 3.43. The zero-order valence-electron chi connectivity index (χ0n) is 17.3. The number of H-pyrrole nitrogens is 1. The number of alkyl halides is 1. The second-order valence-corrected chi connectivity index (χ2v) is 8.34. The summed E-state index contributed by atoms with van der Waals surface area (Å²) >= 11 is 0. The summed E-state index contributed by atoms with van der Waals surface area (Å²) in [6.45, 7) is 1.01. The topological polar surface area (TPSA) is 102 Å². The van der Waals surface area contributed by atoms with Crippen LogP contribution in [0.1, 0.15) is 30.9 Å². The van der Waals surface area contributed by atoms with Crippen LogP contribution in [0.4, 0.5) is 4.39 Å². The number of ether oxygens (including phenoxy) is 1. The average Bonchev–Trinajstić information content (AvgIpc) is 3.60.